The molecule has 2 rings (SSSR count). The molecule has 19 heavy (non-hydrogen) atoms. The fourth-order valence-electron chi connectivity index (χ4n) is 1.29. The first-order valence-corrected chi connectivity index (χ1v) is 6.16. The van der Waals surface area contributed by atoms with E-state index >= 15 is 0 Å². The van der Waals surface area contributed by atoms with Crippen LogP contribution in [0.4, 0.5) is 10.8 Å². The van der Waals surface area contributed by atoms with Gasteiger partial charge in [-0.25, -0.2) is 5.84 Å². The van der Waals surface area contributed by atoms with Crippen molar-refractivity contribution >= 4 is 33.8 Å². The molecule has 0 spiro atoms. The third kappa shape index (κ3) is 3.08. The number of nitrogen functional groups attached to an aromatic ring is 1. The molecule has 0 fully saturated rings. The van der Waals surface area contributed by atoms with E-state index in [0.717, 1.165) is 0 Å². The summed E-state index contributed by atoms with van der Waals surface area (Å²) in [5.41, 5.74) is 2.14. The van der Waals surface area contributed by atoms with Crippen LogP contribution in [-0.4, -0.2) is 15.1 Å². The van der Waals surface area contributed by atoms with Gasteiger partial charge in [0.2, 0.25) is 10.9 Å². The van der Waals surface area contributed by atoms with Crippen LogP contribution < -0.4 is 16.0 Å². The number of hydrazine groups is 1. The number of hydrogen-bond donors (Lipinski definition) is 2. The van der Waals surface area contributed by atoms with E-state index in [-0.39, 0.29) is 23.1 Å². The number of nitrogens with zero attached hydrogens (tertiary/aromatic N) is 3. The van der Waals surface area contributed by atoms with Crippen LogP contribution in [0.25, 0.3) is 0 Å². The van der Waals surface area contributed by atoms with Crippen molar-refractivity contribution in [2.75, 3.05) is 5.43 Å². The Kier molecular flexibility index (Phi) is 4.10. The zero-order valence-electron chi connectivity index (χ0n) is 9.37. The number of aromatic nitrogens is 2. The summed E-state index contributed by atoms with van der Waals surface area (Å²) in [6.07, 6.45) is 0. The highest BCUT2D eigenvalue weighted by Gasteiger charge is 2.18. The molecule has 0 radical (unpaired) electrons. The van der Waals surface area contributed by atoms with Gasteiger partial charge in [-0.05, 0) is 6.07 Å². The van der Waals surface area contributed by atoms with Crippen LogP contribution in [0.15, 0.2) is 18.2 Å². The van der Waals surface area contributed by atoms with Gasteiger partial charge < -0.3 is 4.74 Å². The number of halogens is 1. The highest BCUT2D eigenvalue weighted by atomic mass is 35.5. The number of nitrogens with one attached hydrogen (secondary N) is 1. The van der Waals surface area contributed by atoms with Crippen molar-refractivity contribution in [3.63, 3.8) is 0 Å². The molecule has 10 heteroatoms. The third-order valence-corrected chi connectivity index (χ3v) is 3.20. The summed E-state index contributed by atoms with van der Waals surface area (Å²) < 4.78 is 5.34. The molecule has 0 saturated carbocycles. The maximum Gasteiger partial charge on any atom is 0.312 e. The number of ether oxygens (including phenoxy) is 1. The zero-order valence-corrected chi connectivity index (χ0v) is 10.9. The fourth-order valence-corrected chi connectivity index (χ4v) is 2.08. The fraction of sp³-hybridized carbons (Fsp3) is 0.111. The van der Waals surface area contributed by atoms with Crippen LogP contribution in [0, 0.1) is 10.1 Å². The molecule has 1 aromatic carbocycles. The number of anilines is 1. The van der Waals surface area contributed by atoms with E-state index in [4.69, 9.17) is 22.2 Å². The topological polar surface area (TPSA) is 116 Å². The van der Waals surface area contributed by atoms with Gasteiger partial charge in [0.15, 0.2) is 5.01 Å². The molecule has 100 valence electrons. The van der Waals surface area contributed by atoms with Crippen LogP contribution in [0.2, 0.25) is 5.02 Å². The molecule has 0 amide bonds. The lowest BCUT2D eigenvalue weighted by molar-refractivity contribution is -0.385. The van der Waals surface area contributed by atoms with Crippen LogP contribution in [-0.2, 0) is 6.61 Å². The number of nitrogens with two attached hydrogens (primary N) is 1. The minimum absolute atomic E-state index is 0.00613. The first-order valence-electron chi connectivity index (χ1n) is 4.96. The lowest BCUT2D eigenvalue weighted by atomic mass is 10.3. The van der Waals surface area contributed by atoms with E-state index in [1.54, 1.807) is 0 Å². The average molecular weight is 302 g/mol. The summed E-state index contributed by atoms with van der Waals surface area (Å²) in [6.45, 7) is 0.0178. The Balaban J connectivity index is 2.17. The Morgan fingerprint density at radius 1 is 1.53 bits per heavy atom. The molecule has 1 aromatic heterocycles. The SMILES string of the molecule is NNc1nnc(COc2c(Cl)cccc2[N+](=O)[O-])s1. The summed E-state index contributed by atoms with van der Waals surface area (Å²) in [5.74, 6) is 5.17. The summed E-state index contributed by atoms with van der Waals surface area (Å²) in [5, 5.41) is 19.5. The number of benzene rings is 1. The van der Waals surface area contributed by atoms with Crippen LogP contribution in [0.1, 0.15) is 5.01 Å². The summed E-state index contributed by atoms with van der Waals surface area (Å²) in [6, 6.07) is 4.31. The second kappa shape index (κ2) is 5.78. The molecule has 0 bridgehead atoms. The molecular formula is C9H8ClN5O3S. The zero-order chi connectivity index (χ0) is 13.8. The van der Waals surface area contributed by atoms with Crippen molar-refractivity contribution in [1.29, 1.82) is 0 Å². The van der Waals surface area contributed by atoms with Gasteiger partial charge in [0, 0.05) is 6.07 Å². The van der Waals surface area contributed by atoms with Gasteiger partial charge in [0.05, 0.1) is 9.95 Å². The predicted octanol–water partition coefficient (Wildman–Crippen LogP) is 1.96. The Morgan fingerprint density at radius 3 is 2.95 bits per heavy atom. The quantitative estimate of drug-likeness (QED) is 0.492. The van der Waals surface area contributed by atoms with Crippen LogP contribution >= 0.6 is 22.9 Å². The molecule has 2 aromatic rings. The van der Waals surface area contributed by atoms with Crippen molar-refractivity contribution in [2.24, 2.45) is 5.84 Å². The van der Waals surface area contributed by atoms with Gasteiger partial charge in [0.25, 0.3) is 0 Å². The Bertz CT molecular complexity index is 605. The van der Waals surface area contributed by atoms with E-state index in [2.05, 4.69) is 15.6 Å². The van der Waals surface area contributed by atoms with Gasteiger partial charge in [-0.15, -0.1) is 10.2 Å². The molecule has 0 saturated heterocycles. The molecule has 1 heterocycles. The lowest BCUT2D eigenvalue weighted by Crippen LogP contribution is -2.05. The molecule has 3 N–H and O–H groups in total. The average Bonchev–Trinajstić information content (AvgIpc) is 2.85. The van der Waals surface area contributed by atoms with E-state index in [1.807, 2.05) is 0 Å². The monoisotopic (exact) mass is 301 g/mol. The number of para-hydroxylation sites is 1. The molecule has 0 atom stereocenters. The van der Waals surface area contributed by atoms with Crippen molar-refractivity contribution < 1.29 is 9.66 Å². The van der Waals surface area contributed by atoms with Crippen molar-refractivity contribution in [2.45, 2.75) is 6.61 Å². The molecule has 8 nitrogen and oxygen atoms in total. The summed E-state index contributed by atoms with van der Waals surface area (Å²) in [7, 11) is 0. The minimum Gasteiger partial charge on any atom is -0.478 e. The van der Waals surface area contributed by atoms with Crippen molar-refractivity contribution in [3.05, 3.63) is 38.3 Å². The molecular weight excluding hydrogens is 294 g/mol. The van der Waals surface area contributed by atoms with Crippen LogP contribution in [0.5, 0.6) is 5.75 Å². The number of nitro benzene ring substituents is 1. The van der Waals surface area contributed by atoms with E-state index in [9.17, 15) is 10.1 Å². The van der Waals surface area contributed by atoms with Gasteiger partial charge >= 0.3 is 5.69 Å². The molecule has 0 unspecified atom stereocenters. The number of nitro groups is 1. The lowest BCUT2D eigenvalue weighted by Gasteiger charge is -2.06. The van der Waals surface area contributed by atoms with Crippen molar-refractivity contribution in [3.8, 4) is 5.75 Å². The Hall–Kier alpha value is -1.97. The number of rotatable bonds is 5. The largest absolute Gasteiger partial charge is 0.478 e. The minimum atomic E-state index is -0.561. The van der Waals surface area contributed by atoms with Gasteiger partial charge in [-0.3, -0.25) is 15.5 Å². The Labute approximate surface area is 116 Å². The van der Waals surface area contributed by atoms with Gasteiger partial charge in [-0.2, -0.15) is 0 Å². The van der Waals surface area contributed by atoms with E-state index in [1.165, 1.54) is 29.5 Å². The second-order valence-corrected chi connectivity index (χ2v) is 4.75. The van der Waals surface area contributed by atoms with Crippen LogP contribution in [0.3, 0.4) is 0 Å². The smallest absolute Gasteiger partial charge is 0.312 e. The molecule has 0 aliphatic carbocycles. The van der Waals surface area contributed by atoms with Gasteiger partial charge in [0.1, 0.15) is 6.61 Å². The summed E-state index contributed by atoms with van der Waals surface area (Å²) in [4.78, 5) is 10.3. The molecule has 0 aliphatic heterocycles. The van der Waals surface area contributed by atoms with E-state index < -0.39 is 4.92 Å². The van der Waals surface area contributed by atoms with Gasteiger partial charge in [-0.1, -0.05) is 29.0 Å². The normalized spacial score (nSPS) is 10.2. The Morgan fingerprint density at radius 2 is 2.32 bits per heavy atom. The standard InChI is InChI=1S/C9H8ClN5O3S/c10-5-2-1-3-6(15(16)17)8(5)18-4-7-13-14-9(12-11)19-7/h1-3H,4,11H2,(H,12,14). The highest BCUT2D eigenvalue weighted by Crippen LogP contribution is 2.35. The first-order chi connectivity index (χ1) is 9.11. The maximum absolute atomic E-state index is 10.9. The second-order valence-electron chi connectivity index (χ2n) is 3.28. The third-order valence-electron chi connectivity index (χ3n) is 2.07. The van der Waals surface area contributed by atoms with E-state index in [0.29, 0.717) is 10.1 Å². The maximum atomic E-state index is 10.9. The number of hydrogen-bond acceptors (Lipinski definition) is 8. The first kappa shape index (κ1) is 13.5. The highest BCUT2D eigenvalue weighted by molar-refractivity contribution is 7.15. The predicted molar refractivity (Wildman–Crippen MR) is 70.2 cm³/mol. The molecule has 0 aliphatic rings. The van der Waals surface area contributed by atoms with Crippen molar-refractivity contribution in [1.82, 2.24) is 10.2 Å². The summed E-state index contributed by atoms with van der Waals surface area (Å²) >= 11 is 7.05.